The molecule has 0 amide bonds. The highest BCUT2D eigenvalue weighted by Crippen LogP contribution is 2.49. The molecule has 0 aliphatic heterocycles. The maximum absolute atomic E-state index is 7.02. The Morgan fingerprint density at radius 2 is 0.860 bits per heavy atom. The van der Waals surface area contributed by atoms with E-state index in [9.17, 15) is 0 Å². The summed E-state index contributed by atoms with van der Waals surface area (Å²) in [4.78, 5) is 14.2. The molecule has 0 unspecified atom stereocenters. The van der Waals surface area contributed by atoms with E-state index in [0.717, 1.165) is 55.9 Å². The molecule has 2 aromatic heterocycles. The Morgan fingerprint density at radius 1 is 0.440 bits per heavy atom. The lowest BCUT2D eigenvalue weighted by Crippen LogP contribution is -2.15. The van der Waals surface area contributed by atoms with E-state index in [0.29, 0.717) is 11.6 Å². The van der Waals surface area contributed by atoms with E-state index in [-0.39, 0.29) is 5.34 Å². The Labute approximate surface area is 301 Å². The Balaban J connectivity index is 0.00000126. The quantitative estimate of drug-likeness (QED) is 0.117. The summed E-state index contributed by atoms with van der Waals surface area (Å²) in [7, 11) is 0. The van der Waals surface area contributed by atoms with Crippen molar-refractivity contribution in [2.45, 2.75) is 0 Å². The average molecular weight is 692 g/mol. The Morgan fingerprint density at radius 3 is 1.32 bits per heavy atom. The number of alkyl halides is 2. The van der Waals surface area contributed by atoms with Gasteiger partial charge < -0.3 is 14.5 Å². The standard InChI is InChI=1S/C42H30N4O.CH2Cl2/c1-5-16-33(17-6-1)45(34-18-7-2-8-19-34)37-24-13-25-38(46(35-20-9-3-10-21-35)36-22-11-4-12-23-36)42(37)47-39-29-28-32-27-26-31-15-14-30-43-40(31)41(32)44-39;2-1-3/h1-30H;1H2. The third kappa shape index (κ3) is 6.96. The van der Waals surface area contributed by atoms with E-state index in [1.165, 1.54) is 0 Å². The van der Waals surface area contributed by atoms with Gasteiger partial charge in [0.25, 0.3) is 0 Å². The van der Waals surface area contributed by atoms with Gasteiger partial charge in [0.2, 0.25) is 5.88 Å². The summed E-state index contributed by atoms with van der Waals surface area (Å²) in [5, 5.41) is 2.23. The predicted molar refractivity (Wildman–Crippen MR) is 209 cm³/mol. The van der Waals surface area contributed by atoms with Crippen LogP contribution >= 0.6 is 23.2 Å². The molecule has 8 rings (SSSR count). The molecule has 5 nitrogen and oxygen atoms in total. The molecule has 0 atom stereocenters. The third-order valence-electron chi connectivity index (χ3n) is 8.13. The second-order valence-electron chi connectivity index (χ2n) is 11.2. The first-order chi connectivity index (χ1) is 24.7. The number of rotatable bonds is 8. The molecular formula is C43H32Cl2N4O. The van der Waals surface area contributed by atoms with Gasteiger partial charge in [0, 0.05) is 45.8 Å². The number of aromatic nitrogens is 2. The molecule has 0 bridgehead atoms. The molecule has 0 N–H and O–H groups in total. The maximum atomic E-state index is 7.02. The van der Waals surface area contributed by atoms with Crippen LogP contribution in [0.25, 0.3) is 21.8 Å². The van der Waals surface area contributed by atoms with Crippen molar-refractivity contribution in [1.82, 2.24) is 9.97 Å². The van der Waals surface area contributed by atoms with Gasteiger partial charge in [0.05, 0.1) is 22.2 Å². The highest BCUT2D eigenvalue weighted by atomic mass is 35.5. The number of para-hydroxylation sites is 5. The van der Waals surface area contributed by atoms with Gasteiger partial charge in [-0.05, 0) is 72.8 Å². The zero-order valence-corrected chi connectivity index (χ0v) is 28.5. The Hall–Kier alpha value is -5.88. The molecule has 0 fully saturated rings. The number of nitrogens with zero attached hydrogens (tertiary/aromatic N) is 4. The van der Waals surface area contributed by atoms with Crippen molar-refractivity contribution in [2.75, 3.05) is 15.1 Å². The fourth-order valence-electron chi connectivity index (χ4n) is 6.00. The predicted octanol–water partition coefficient (Wildman–Crippen LogP) is 12.9. The van der Waals surface area contributed by atoms with Crippen molar-refractivity contribution in [3.8, 4) is 11.6 Å². The molecule has 244 valence electrons. The summed E-state index contributed by atoms with van der Waals surface area (Å²) < 4.78 is 7.02. The molecule has 0 spiro atoms. The number of benzene rings is 6. The summed E-state index contributed by atoms with van der Waals surface area (Å²) >= 11 is 9.53. The Kier molecular flexibility index (Phi) is 10.2. The summed E-state index contributed by atoms with van der Waals surface area (Å²) in [6.45, 7) is 0. The third-order valence-corrected chi connectivity index (χ3v) is 8.13. The molecule has 0 saturated carbocycles. The van der Waals surface area contributed by atoms with E-state index in [1.807, 2.05) is 42.5 Å². The van der Waals surface area contributed by atoms with Crippen LogP contribution in [0.5, 0.6) is 11.6 Å². The highest BCUT2D eigenvalue weighted by Gasteiger charge is 2.25. The van der Waals surface area contributed by atoms with Crippen LogP contribution < -0.4 is 14.5 Å². The lowest BCUT2D eigenvalue weighted by Gasteiger charge is -2.32. The smallest absolute Gasteiger partial charge is 0.220 e. The molecule has 2 heterocycles. The number of fused-ring (bicyclic) bond motifs is 3. The number of hydrogen-bond acceptors (Lipinski definition) is 5. The first-order valence-electron chi connectivity index (χ1n) is 16.1. The van der Waals surface area contributed by atoms with Crippen LogP contribution in [0.3, 0.4) is 0 Å². The van der Waals surface area contributed by atoms with Gasteiger partial charge in [0.1, 0.15) is 5.52 Å². The minimum absolute atomic E-state index is 0.194. The van der Waals surface area contributed by atoms with Gasteiger partial charge in [-0.1, -0.05) is 97.1 Å². The molecule has 50 heavy (non-hydrogen) atoms. The minimum atomic E-state index is 0.194. The van der Waals surface area contributed by atoms with Crippen molar-refractivity contribution in [3.05, 3.63) is 182 Å². The summed E-state index contributed by atoms with van der Waals surface area (Å²) in [6, 6.07) is 59.9. The molecule has 0 saturated heterocycles. The van der Waals surface area contributed by atoms with E-state index in [2.05, 4.69) is 148 Å². The lowest BCUT2D eigenvalue weighted by atomic mass is 10.1. The van der Waals surface area contributed by atoms with Crippen LogP contribution in [-0.4, -0.2) is 15.3 Å². The Bertz CT molecular complexity index is 2130. The van der Waals surface area contributed by atoms with Crippen LogP contribution in [-0.2, 0) is 0 Å². The molecule has 0 aliphatic carbocycles. The summed E-state index contributed by atoms with van der Waals surface area (Å²) in [5.41, 5.74) is 7.41. The number of anilines is 6. The SMILES string of the molecule is ClCCl.c1ccc(N(c2ccccc2)c2cccc(N(c3ccccc3)c3ccccc3)c2Oc2ccc3ccc4cccnc4c3n2)cc1. The van der Waals surface area contributed by atoms with Crippen molar-refractivity contribution in [2.24, 2.45) is 0 Å². The highest BCUT2D eigenvalue weighted by molar-refractivity contribution is 6.40. The maximum Gasteiger partial charge on any atom is 0.220 e. The zero-order valence-electron chi connectivity index (χ0n) is 27.0. The molecule has 8 aromatic rings. The molecule has 0 radical (unpaired) electrons. The summed E-state index contributed by atoms with van der Waals surface area (Å²) in [5.74, 6) is 1.14. The number of halogens is 2. The summed E-state index contributed by atoms with van der Waals surface area (Å²) in [6.07, 6.45) is 1.81. The average Bonchev–Trinajstić information content (AvgIpc) is 3.18. The zero-order chi connectivity index (χ0) is 34.1. The first kappa shape index (κ1) is 32.7. The van der Waals surface area contributed by atoms with Gasteiger partial charge in [-0.2, -0.15) is 0 Å². The monoisotopic (exact) mass is 690 g/mol. The van der Waals surface area contributed by atoms with Gasteiger partial charge in [-0.3, -0.25) is 4.98 Å². The number of ether oxygens (including phenoxy) is 1. The van der Waals surface area contributed by atoms with Gasteiger partial charge in [-0.25, -0.2) is 4.98 Å². The number of pyridine rings is 2. The van der Waals surface area contributed by atoms with E-state index in [1.54, 1.807) is 6.20 Å². The molecule has 0 aliphatic rings. The van der Waals surface area contributed by atoms with E-state index in [4.69, 9.17) is 32.9 Å². The van der Waals surface area contributed by atoms with Crippen LogP contribution in [0.4, 0.5) is 34.1 Å². The van der Waals surface area contributed by atoms with Crippen molar-refractivity contribution >= 4 is 79.1 Å². The van der Waals surface area contributed by atoms with Crippen LogP contribution in [0, 0.1) is 0 Å². The van der Waals surface area contributed by atoms with E-state index < -0.39 is 0 Å². The second-order valence-corrected chi connectivity index (χ2v) is 12.0. The van der Waals surface area contributed by atoms with Crippen molar-refractivity contribution in [3.63, 3.8) is 0 Å². The normalized spacial score (nSPS) is 10.7. The van der Waals surface area contributed by atoms with Gasteiger partial charge >= 0.3 is 0 Å². The molecular weight excluding hydrogens is 659 g/mol. The van der Waals surface area contributed by atoms with Crippen LogP contribution in [0.2, 0.25) is 0 Å². The fraction of sp³-hybridized carbons (Fsp3) is 0.0233. The van der Waals surface area contributed by atoms with Crippen molar-refractivity contribution in [1.29, 1.82) is 0 Å². The van der Waals surface area contributed by atoms with Crippen LogP contribution in [0.1, 0.15) is 0 Å². The minimum Gasteiger partial charge on any atom is -0.435 e. The molecule has 7 heteroatoms. The van der Waals surface area contributed by atoms with Crippen LogP contribution in [0.15, 0.2) is 182 Å². The first-order valence-corrected chi connectivity index (χ1v) is 17.2. The largest absolute Gasteiger partial charge is 0.435 e. The van der Waals surface area contributed by atoms with Gasteiger partial charge in [-0.15, -0.1) is 23.2 Å². The van der Waals surface area contributed by atoms with Crippen molar-refractivity contribution < 1.29 is 4.74 Å². The van der Waals surface area contributed by atoms with Gasteiger partial charge in [0.15, 0.2) is 5.75 Å². The lowest BCUT2D eigenvalue weighted by molar-refractivity contribution is 0.467. The molecule has 6 aromatic carbocycles. The topological polar surface area (TPSA) is 41.5 Å². The fourth-order valence-corrected chi connectivity index (χ4v) is 6.00. The second kappa shape index (κ2) is 15.6. The van der Waals surface area contributed by atoms with E-state index >= 15 is 0 Å². The number of hydrogen-bond donors (Lipinski definition) is 0.